The summed E-state index contributed by atoms with van der Waals surface area (Å²) in [5.41, 5.74) is 2.26. The molecule has 0 bridgehead atoms. The zero-order valence-corrected chi connectivity index (χ0v) is 17.2. The van der Waals surface area contributed by atoms with Crippen LogP contribution in [0.3, 0.4) is 0 Å². The molecule has 0 saturated carbocycles. The van der Waals surface area contributed by atoms with Crippen molar-refractivity contribution in [1.82, 2.24) is 24.6 Å². The standard InChI is InChI=1S/C25H25N5O/c31-25(21-6-3-12-26-18-21,22-7-4-13-27-19-22)24(29-15-1-2-16-29)20-8-10-23(11-9-20)30-17-5-14-28-30/h3-14,17-19,24,31H,1-2,15-16H2. The number of pyridine rings is 2. The molecular formula is C25H25N5O. The number of nitrogens with zero attached hydrogens (tertiary/aromatic N) is 5. The van der Waals surface area contributed by atoms with Crippen molar-refractivity contribution in [2.45, 2.75) is 24.5 Å². The van der Waals surface area contributed by atoms with Gasteiger partial charge in [0.2, 0.25) is 0 Å². The minimum atomic E-state index is -1.29. The van der Waals surface area contributed by atoms with E-state index in [0.29, 0.717) is 0 Å². The summed E-state index contributed by atoms with van der Waals surface area (Å²) in [4.78, 5) is 11.0. The summed E-state index contributed by atoms with van der Waals surface area (Å²) in [6, 6.07) is 17.6. The first-order valence-electron chi connectivity index (χ1n) is 10.6. The summed E-state index contributed by atoms with van der Waals surface area (Å²) < 4.78 is 1.84. The number of rotatable bonds is 6. The second-order valence-electron chi connectivity index (χ2n) is 7.94. The smallest absolute Gasteiger partial charge is 0.137 e. The Balaban J connectivity index is 1.65. The molecule has 156 valence electrons. The summed E-state index contributed by atoms with van der Waals surface area (Å²) in [7, 11) is 0. The fraction of sp³-hybridized carbons (Fsp3) is 0.240. The molecule has 6 heteroatoms. The third-order valence-corrected chi connectivity index (χ3v) is 6.08. The molecule has 0 aliphatic carbocycles. The van der Waals surface area contributed by atoms with E-state index in [1.807, 2.05) is 41.2 Å². The first kappa shape index (κ1) is 19.6. The SMILES string of the molecule is OC(c1cccnc1)(c1cccnc1)C(c1ccc(-n2cccn2)cc1)N1CCCC1. The van der Waals surface area contributed by atoms with Crippen molar-refractivity contribution >= 4 is 0 Å². The van der Waals surface area contributed by atoms with E-state index in [9.17, 15) is 5.11 Å². The molecule has 31 heavy (non-hydrogen) atoms. The molecule has 0 radical (unpaired) electrons. The number of aliphatic hydroxyl groups is 1. The molecule has 0 amide bonds. The van der Waals surface area contributed by atoms with Crippen molar-refractivity contribution in [2.75, 3.05) is 13.1 Å². The van der Waals surface area contributed by atoms with Crippen molar-refractivity contribution < 1.29 is 5.11 Å². The fourth-order valence-corrected chi connectivity index (χ4v) is 4.61. The van der Waals surface area contributed by atoms with Crippen LogP contribution in [0.15, 0.2) is 91.8 Å². The van der Waals surface area contributed by atoms with E-state index in [0.717, 1.165) is 48.3 Å². The maximum Gasteiger partial charge on any atom is 0.137 e. The Bertz CT molecular complexity index is 1050. The van der Waals surface area contributed by atoms with Crippen LogP contribution in [0.1, 0.15) is 35.6 Å². The average molecular weight is 412 g/mol. The summed E-state index contributed by atoms with van der Waals surface area (Å²) in [5, 5.41) is 16.8. The Morgan fingerprint density at radius 1 is 0.806 bits per heavy atom. The van der Waals surface area contributed by atoms with Gasteiger partial charge in [0.15, 0.2) is 0 Å². The van der Waals surface area contributed by atoms with Crippen LogP contribution in [0.4, 0.5) is 0 Å². The van der Waals surface area contributed by atoms with Crippen LogP contribution in [-0.2, 0) is 5.60 Å². The monoisotopic (exact) mass is 411 g/mol. The highest BCUT2D eigenvalue weighted by Gasteiger charge is 2.45. The molecular weight excluding hydrogens is 386 g/mol. The molecule has 0 spiro atoms. The Morgan fingerprint density at radius 3 is 1.97 bits per heavy atom. The molecule has 6 nitrogen and oxygen atoms in total. The molecule has 3 aromatic heterocycles. The third kappa shape index (κ3) is 3.65. The zero-order chi connectivity index (χ0) is 21.1. The highest BCUT2D eigenvalue weighted by Crippen LogP contribution is 2.45. The molecule has 1 N–H and O–H groups in total. The lowest BCUT2D eigenvalue weighted by atomic mass is 9.77. The van der Waals surface area contributed by atoms with Crippen molar-refractivity contribution in [3.63, 3.8) is 0 Å². The van der Waals surface area contributed by atoms with Crippen LogP contribution >= 0.6 is 0 Å². The normalized spacial score (nSPS) is 15.8. The van der Waals surface area contributed by atoms with Crippen LogP contribution in [0.5, 0.6) is 0 Å². The van der Waals surface area contributed by atoms with Crippen LogP contribution in [0, 0.1) is 0 Å². The molecule has 1 aliphatic heterocycles. The van der Waals surface area contributed by atoms with Gasteiger partial charge in [-0.15, -0.1) is 0 Å². The van der Waals surface area contributed by atoms with E-state index in [1.165, 1.54) is 0 Å². The van der Waals surface area contributed by atoms with Crippen molar-refractivity contribution in [1.29, 1.82) is 0 Å². The lowest BCUT2D eigenvalue weighted by molar-refractivity contribution is -0.0152. The maximum atomic E-state index is 12.4. The molecule has 1 aromatic carbocycles. The van der Waals surface area contributed by atoms with Crippen molar-refractivity contribution in [3.05, 3.63) is 108 Å². The summed E-state index contributed by atoms with van der Waals surface area (Å²) in [6.07, 6.45) is 12.9. The Morgan fingerprint density at radius 2 is 1.45 bits per heavy atom. The molecule has 1 atom stereocenters. The lowest BCUT2D eigenvalue weighted by Gasteiger charge is -2.42. The summed E-state index contributed by atoms with van der Waals surface area (Å²) >= 11 is 0. The highest BCUT2D eigenvalue weighted by atomic mass is 16.3. The Kier molecular flexibility index (Phi) is 5.32. The largest absolute Gasteiger partial charge is 0.378 e. The number of aromatic nitrogens is 4. The van der Waals surface area contributed by atoms with Gasteiger partial charge in [-0.2, -0.15) is 5.10 Å². The van der Waals surface area contributed by atoms with Gasteiger partial charge in [0, 0.05) is 48.3 Å². The maximum absolute atomic E-state index is 12.4. The highest BCUT2D eigenvalue weighted by molar-refractivity contribution is 5.42. The topological polar surface area (TPSA) is 67.1 Å². The van der Waals surface area contributed by atoms with E-state index in [4.69, 9.17) is 0 Å². The van der Waals surface area contributed by atoms with Crippen LogP contribution in [0.2, 0.25) is 0 Å². The number of likely N-dealkylation sites (tertiary alicyclic amines) is 1. The first-order valence-corrected chi connectivity index (χ1v) is 10.6. The molecule has 1 aliphatic rings. The van der Waals surface area contributed by atoms with E-state index in [2.05, 4.69) is 44.2 Å². The predicted octanol–water partition coefficient (Wildman–Crippen LogP) is 3.74. The van der Waals surface area contributed by atoms with Gasteiger partial charge in [0.25, 0.3) is 0 Å². The molecule has 4 heterocycles. The van der Waals surface area contributed by atoms with Crippen molar-refractivity contribution in [2.24, 2.45) is 0 Å². The first-order chi connectivity index (χ1) is 15.3. The van der Waals surface area contributed by atoms with Crippen LogP contribution in [-0.4, -0.2) is 42.8 Å². The number of hydrogen-bond acceptors (Lipinski definition) is 5. The Labute approximate surface area is 181 Å². The van der Waals surface area contributed by atoms with Gasteiger partial charge in [-0.05, 0) is 61.8 Å². The van der Waals surface area contributed by atoms with Gasteiger partial charge in [-0.3, -0.25) is 14.9 Å². The molecule has 5 rings (SSSR count). The van der Waals surface area contributed by atoms with Gasteiger partial charge in [0.05, 0.1) is 11.7 Å². The summed E-state index contributed by atoms with van der Waals surface area (Å²) in [5.74, 6) is 0. The van der Waals surface area contributed by atoms with Crippen molar-refractivity contribution in [3.8, 4) is 5.69 Å². The minimum Gasteiger partial charge on any atom is -0.378 e. The van der Waals surface area contributed by atoms with E-state index >= 15 is 0 Å². The Hall–Kier alpha value is -3.35. The quantitative estimate of drug-likeness (QED) is 0.524. The fourth-order valence-electron chi connectivity index (χ4n) is 4.61. The minimum absolute atomic E-state index is 0.268. The van der Waals surface area contributed by atoms with Gasteiger partial charge >= 0.3 is 0 Å². The van der Waals surface area contributed by atoms with E-state index in [1.54, 1.807) is 31.0 Å². The third-order valence-electron chi connectivity index (χ3n) is 6.08. The lowest BCUT2D eigenvalue weighted by Crippen LogP contribution is -2.44. The zero-order valence-electron chi connectivity index (χ0n) is 17.2. The van der Waals surface area contributed by atoms with Gasteiger partial charge in [-0.25, -0.2) is 4.68 Å². The summed E-state index contributed by atoms with van der Waals surface area (Å²) in [6.45, 7) is 1.88. The number of hydrogen-bond donors (Lipinski definition) is 1. The average Bonchev–Trinajstić information content (AvgIpc) is 3.56. The van der Waals surface area contributed by atoms with Crippen LogP contribution < -0.4 is 0 Å². The van der Waals surface area contributed by atoms with Gasteiger partial charge < -0.3 is 5.11 Å². The second kappa shape index (κ2) is 8.41. The molecule has 1 unspecified atom stereocenters. The van der Waals surface area contributed by atoms with Gasteiger partial charge in [0.1, 0.15) is 5.60 Å². The second-order valence-corrected chi connectivity index (χ2v) is 7.94. The van der Waals surface area contributed by atoms with E-state index < -0.39 is 5.60 Å². The van der Waals surface area contributed by atoms with Gasteiger partial charge in [-0.1, -0.05) is 24.3 Å². The predicted molar refractivity (Wildman–Crippen MR) is 119 cm³/mol. The molecule has 4 aromatic rings. The van der Waals surface area contributed by atoms with E-state index in [-0.39, 0.29) is 6.04 Å². The van der Waals surface area contributed by atoms with Crippen LogP contribution in [0.25, 0.3) is 5.69 Å². The molecule has 1 fully saturated rings. The molecule has 1 saturated heterocycles. The number of benzene rings is 1.